The second-order valence-electron chi connectivity index (χ2n) is 11.3. The first-order chi connectivity index (χ1) is 23.2. The molecule has 0 amide bonds. The molecule has 12 heteroatoms. The largest absolute Gasteiger partial charge is 0.494 e. The number of esters is 1. The van der Waals surface area contributed by atoms with Gasteiger partial charge in [-0.05, 0) is 49.7 Å². The Morgan fingerprint density at radius 1 is 0.771 bits per heavy atom. The summed E-state index contributed by atoms with van der Waals surface area (Å²) >= 11 is 0. The minimum Gasteiger partial charge on any atom is -0.494 e. The van der Waals surface area contributed by atoms with Crippen molar-refractivity contribution in [2.45, 2.75) is 65.2 Å². The van der Waals surface area contributed by atoms with Gasteiger partial charge in [0.05, 0.1) is 37.1 Å². The highest BCUT2D eigenvalue weighted by Crippen LogP contribution is 2.41. The van der Waals surface area contributed by atoms with Gasteiger partial charge in [0.1, 0.15) is 29.5 Å². The molecule has 0 aliphatic heterocycles. The number of anilines is 1. The van der Waals surface area contributed by atoms with Gasteiger partial charge in [0.15, 0.2) is 0 Å². The lowest BCUT2D eigenvalue weighted by atomic mass is 10.1. The van der Waals surface area contributed by atoms with E-state index < -0.39 is 4.92 Å². The van der Waals surface area contributed by atoms with E-state index in [9.17, 15) is 14.9 Å². The van der Waals surface area contributed by atoms with Crippen LogP contribution >= 0.6 is 0 Å². The molecule has 0 N–H and O–H groups in total. The van der Waals surface area contributed by atoms with Crippen LogP contribution in [0.3, 0.4) is 0 Å². The van der Waals surface area contributed by atoms with E-state index in [1.165, 1.54) is 77.0 Å². The maximum Gasteiger partial charge on any atom is 0.333 e. The molecule has 3 aromatic carbocycles. The number of carbonyl (C=O) groups is 1. The number of carbonyl (C=O) groups excluding carboxylic acids is 1. The van der Waals surface area contributed by atoms with Gasteiger partial charge in [0, 0.05) is 42.1 Å². The second kappa shape index (κ2) is 20.2. The van der Waals surface area contributed by atoms with Crippen molar-refractivity contribution in [1.82, 2.24) is 0 Å². The first kappa shape index (κ1) is 37.3. The Morgan fingerprint density at radius 2 is 1.27 bits per heavy atom. The third kappa shape index (κ3) is 12.2. The van der Waals surface area contributed by atoms with Gasteiger partial charge in [-0.3, -0.25) is 10.1 Å². The number of benzene rings is 3. The first-order valence-electron chi connectivity index (χ1n) is 16.3. The fourth-order valence-corrected chi connectivity index (χ4v) is 4.79. The quantitative estimate of drug-likeness (QED) is 0.0277. The van der Waals surface area contributed by atoms with Gasteiger partial charge in [-0.2, -0.15) is 10.2 Å². The van der Waals surface area contributed by atoms with Crippen LogP contribution in [0.4, 0.5) is 34.1 Å². The van der Waals surface area contributed by atoms with E-state index >= 15 is 0 Å². The van der Waals surface area contributed by atoms with Crippen molar-refractivity contribution in [2.24, 2.45) is 20.5 Å². The molecular weight excluding hydrogens is 612 g/mol. The Bertz CT molecular complexity index is 1540. The van der Waals surface area contributed by atoms with Crippen molar-refractivity contribution >= 4 is 40.1 Å². The molecule has 256 valence electrons. The smallest absolute Gasteiger partial charge is 0.333 e. The molecule has 0 unspecified atom stereocenters. The summed E-state index contributed by atoms with van der Waals surface area (Å²) < 4.78 is 16.4. The lowest BCUT2D eigenvalue weighted by molar-refractivity contribution is -0.384. The van der Waals surface area contributed by atoms with Crippen molar-refractivity contribution in [3.05, 3.63) is 82.9 Å². The van der Waals surface area contributed by atoms with Gasteiger partial charge < -0.3 is 19.1 Å². The Kier molecular flexibility index (Phi) is 15.7. The van der Waals surface area contributed by atoms with E-state index in [1.807, 2.05) is 24.3 Å². The van der Waals surface area contributed by atoms with Crippen LogP contribution in [0.25, 0.3) is 0 Å². The molecule has 0 spiro atoms. The second-order valence-corrected chi connectivity index (χ2v) is 11.3. The fourth-order valence-electron chi connectivity index (χ4n) is 4.79. The highest BCUT2D eigenvalue weighted by molar-refractivity contribution is 5.86. The van der Waals surface area contributed by atoms with Crippen LogP contribution in [0.2, 0.25) is 0 Å². The number of hydrogen-bond acceptors (Lipinski definition) is 11. The van der Waals surface area contributed by atoms with E-state index in [2.05, 4.69) is 38.9 Å². The van der Waals surface area contributed by atoms with Crippen LogP contribution in [-0.4, -0.2) is 44.8 Å². The summed E-state index contributed by atoms with van der Waals surface area (Å²) in [5.74, 6) is 0.426. The highest BCUT2D eigenvalue weighted by Gasteiger charge is 2.13. The molecule has 0 fully saturated rings. The monoisotopic (exact) mass is 658 g/mol. The summed E-state index contributed by atoms with van der Waals surface area (Å²) in [7, 11) is 3.02. The third-order valence-corrected chi connectivity index (χ3v) is 7.53. The van der Waals surface area contributed by atoms with E-state index in [0.29, 0.717) is 46.4 Å². The van der Waals surface area contributed by atoms with E-state index in [-0.39, 0.29) is 18.3 Å². The average Bonchev–Trinajstić information content (AvgIpc) is 3.10. The molecule has 0 radical (unpaired) electrons. The van der Waals surface area contributed by atoms with E-state index in [1.54, 1.807) is 19.1 Å². The Hall–Kier alpha value is -5.13. The number of rotatable bonds is 21. The van der Waals surface area contributed by atoms with Crippen molar-refractivity contribution < 1.29 is 23.9 Å². The maximum atomic E-state index is 11.9. The Morgan fingerprint density at radius 3 is 1.75 bits per heavy atom. The number of unbranched alkanes of at least 4 members (excludes halogenated alkanes) is 7. The van der Waals surface area contributed by atoms with E-state index in [0.717, 1.165) is 25.1 Å². The standard InChI is InChI=1S/C36H46N6O6/c1-6-7-8-9-10-11-12-13-22-41(23-24-48-36(43)27(2)3)30-18-14-28(15-19-30)37-39-32-25-35(47-5)33(26-34(32)46-4)40-38-29-16-20-31(21-17-29)42(44)45/h14-21,25-26H,2,6-13,22-24H2,1,3-5H3/b39-37+,40-38+. The molecule has 0 aliphatic rings. The van der Waals surface area contributed by atoms with Crippen molar-refractivity contribution in [2.75, 3.05) is 38.8 Å². The normalized spacial score (nSPS) is 11.2. The molecule has 3 aromatic rings. The third-order valence-electron chi connectivity index (χ3n) is 7.53. The zero-order valence-electron chi connectivity index (χ0n) is 28.4. The van der Waals surface area contributed by atoms with Crippen molar-refractivity contribution in [3.63, 3.8) is 0 Å². The number of methoxy groups -OCH3 is 2. The van der Waals surface area contributed by atoms with Crippen LogP contribution in [-0.2, 0) is 9.53 Å². The Balaban J connectivity index is 1.69. The maximum absolute atomic E-state index is 11.9. The number of hydrogen-bond donors (Lipinski definition) is 0. The number of non-ortho nitro benzene ring substituents is 1. The van der Waals surface area contributed by atoms with Crippen molar-refractivity contribution in [1.29, 1.82) is 0 Å². The fraction of sp³-hybridized carbons (Fsp3) is 0.417. The molecule has 0 saturated heterocycles. The number of ether oxygens (including phenoxy) is 3. The van der Waals surface area contributed by atoms with Gasteiger partial charge >= 0.3 is 5.97 Å². The molecule has 0 bridgehead atoms. The molecule has 0 aliphatic carbocycles. The SMILES string of the molecule is C=C(C)C(=O)OCCN(CCCCCCCCCC)c1ccc(/N=N/c2cc(OC)c(/N=N/c3ccc([N+](=O)[O-])cc3)cc2OC)cc1. The Labute approximate surface area is 282 Å². The molecular formula is C36H46N6O6. The molecule has 0 heterocycles. The summed E-state index contributed by atoms with van der Waals surface area (Å²) in [6.45, 7) is 9.23. The minimum absolute atomic E-state index is 0.0321. The summed E-state index contributed by atoms with van der Waals surface area (Å²) in [6, 6.07) is 16.8. The van der Waals surface area contributed by atoms with Gasteiger partial charge in [0.2, 0.25) is 0 Å². The van der Waals surface area contributed by atoms with Crippen LogP contribution in [0.1, 0.15) is 65.2 Å². The summed E-state index contributed by atoms with van der Waals surface area (Å²) in [5, 5.41) is 28.1. The lowest BCUT2D eigenvalue weighted by Crippen LogP contribution is -2.29. The van der Waals surface area contributed by atoms with Gasteiger partial charge in [-0.25, -0.2) is 4.79 Å². The predicted molar refractivity (Wildman–Crippen MR) is 188 cm³/mol. The van der Waals surface area contributed by atoms with Crippen LogP contribution in [0.15, 0.2) is 93.3 Å². The highest BCUT2D eigenvalue weighted by atomic mass is 16.6. The first-order valence-corrected chi connectivity index (χ1v) is 16.3. The lowest BCUT2D eigenvalue weighted by Gasteiger charge is -2.25. The van der Waals surface area contributed by atoms with Crippen LogP contribution in [0, 0.1) is 10.1 Å². The summed E-state index contributed by atoms with van der Waals surface area (Å²) in [5.41, 5.74) is 3.26. The van der Waals surface area contributed by atoms with Gasteiger partial charge in [-0.15, -0.1) is 10.2 Å². The molecule has 0 saturated carbocycles. The molecule has 48 heavy (non-hydrogen) atoms. The number of azo groups is 2. The number of nitro benzene ring substituents is 1. The summed E-state index contributed by atoms with van der Waals surface area (Å²) in [4.78, 5) is 24.6. The zero-order valence-corrected chi connectivity index (χ0v) is 28.4. The molecule has 0 atom stereocenters. The zero-order chi connectivity index (χ0) is 34.7. The molecule has 0 aromatic heterocycles. The number of nitro groups is 1. The van der Waals surface area contributed by atoms with Crippen LogP contribution in [0.5, 0.6) is 11.5 Å². The molecule has 12 nitrogen and oxygen atoms in total. The number of nitrogens with zero attached hydrogens (tertiary/aromatic N) is 6. The summed E-state index contributed by atoms with van der Waals surface area (Å²) in [6.07, 6.45) is 9.86. The molecule has 3 rings (SSSR count). The van der Waals surface area contributed by atoms with E-state index in [4.69, 9.17) is 14.2 Å². The predicted octanol–water partition coefficient (Wildman–Crippen LogP) is 10.5. The van der Waals surface area contributed by atoms with Crippen LogP contribution < -0.4 is 14.4 Å². The van der Waals surface area contributed by atoms with Crippen molar-refractivity contribution in [3.8, 4) is 11.5 Å². The topological polar surface area (TPSA) is 141 Å². The van der Waals surface area contributed by atoms with Gasteiger partial charge in [-0.1, -0.05) is 58.4 Å². The van der Waals surface area contributed by atoms with Gasteiger partial charge in [0.25, 0.3) is 5.69 Å². The average molecular weight is 659 g/mol. The minimum atomic E-state index is -0.475.